The van der Waals surface area contributed by atoms with Crippen molar-refractivity contribution in [2.45, 2.75) is 398 Å². The monoisotopic (exact) mass is 1100 g/mol. The Morgan fingerprint density at radius 3 is 0.936 bits per heavy atom. The van der Waals surface area contributed by atoms with E-state index in [-0.39, 0.29) is 18.5 Å². The van der Waals surface area contributed by atoms with Gasteiger partial charge in [0.2, 0.25) is 5.91 Å². The van der Waals surface area contributed by atoms with E-state index in [4.69, 9.17) is 4.74 Å². The molecule has 0 aliphatic rings. The highest BCUT2D eigenvalue weighted by molar-refractivity contribution is 5.76. The highest BCUT2D eigenvalue weighted by Crippen LogP contribution is 2.18. The number of allylic oxidation sites excluding steroid dienone is 5. The van der Waals surface area contributed by atoms with Gasteiger partial charge in [0.1, 0.15) is 0 Å². The zero-order valence-corrected chi connectivity index (χ0v) is 52.7. The zero-order valence-electron chi connectivity index (χ0n) is 52.7. The smallest absolute Gasteiger partial charge is 0.305 e. The van der Waals surface area contributed by atoms with Crippen molar-refractivity contribution in [1.82, 2.24) is 5.32 Å². The molecular weight excluding hydrogens is 959 g/mol. The van der Waals surface area contributed by atoms with Crippen LogP contribution < -0.4 is 5.32 Å². The largest absolute Gasteiger partial charge is 0.466 e. The molecule has 78 heavy (non-hydrogen) atoms. The van der Waals surface area contributed by atoms with Gasteiger partial charge < -0.3 is 20.3 Å². The Hall–Kier alpha value is -1.92. The molecule has 2 unspecified atom stereocenters. The third-order valence-electron chi connectivity index (χ3n) is 16.4. The number of carbonyl (C=O) groups is 2. The number of ether oxygens (including phenoxy) is 1. The van der Waals surface area contributed by atoms with Crippen molar-refractivity contribution in [3.63, 3.8) is 0 Å². The summed E-state index contributed by atoms with van der Waals surface area (Å²) in [6.07, 6.45) is 86.6. The fraction of sp³-hybridized carbons (Fsp3) is 0.889. The SMILES string of the molecule is CCCCC/C=C\CCCCCCCC(=O)OCCCCCCCCCCCCCC/C=C\CCCCCCCCCCCCCCCCCCCC(=O)NC(CO)C(O)/C=C/CCCCCCCCCCCCCCCC. The van der Waals surface area contributed by atoms with E-state index < -0.39 is 12.1 Å². The van der Waals surface area contributed by atoms with Crippen LogP contribution in [0.3, 0.4) is 0 Å². The molecule has 0 aromatic heterocycles. The first-order valence-corrected chi connectivity index (χ1v) is 35.3. The summed E-state index contributed by atoms with van der Waals surface area (Å²) < 4.78 is 5.47. The predicted octanol–water partition coefficient (Wildman–Crippen LogP) is 22.7. The molecule has 0 fully saturated rings. The van der Waals surface area contributed by atoms with Crippen molar-refractivity contribution in [2.24, 2.45) is 0 Å². The highest BCUT2D eigenvalue weighted by atomic mass is 16.5. The molecule has 0 aromatic carbocycles. The van der Waals surface area contributed by atoms with Gasteiger partial charge in [-0.2, -0.15) is 0 Å². The molecule has 3 N–H and O–H groups in total. The number of aliphatic hydroxyl groups is 2. The van der Waals surface area contributed by atoms with Crippen molar-refractivity contribution in [3.05, 3.63) is 36.5 Å². The minimum absolute atomic E-state index is 0.00851. The predicted molar refractivity (Wildman–Crippen MR) is 343 cm³/mol. The van der Waals surface area contributed by atoms with Gasteiger partial charge in [-0.15, -0.1) is 0 Å². The molecule has 0 spiro atoms. The lowest BCUT2D eigenvalue weighted by molar-refractivity contribution is -0.143. The quantitative estimate of drug-likeness (QED) is 0.0320. The number of carbonyl (C=O) groups excluding carboxylic acids is 2. The summed E-state index contributed by atoms with van der Waals surface area (Å²) in [6.45, 7) is 4.91. The number of esters is 1. The van der Waals surface area contributed by atoms with Crippen molar-refractivity contribution in [1.29, 1.82) is 0 Å². The first-order valence-electron chi connectivity index (χ1n) is 35.3. The Bertz CT molecular complexity index is 1260. The van der Waals surface area contributed by atoms with Crippen LogP contribution >= 0.6 is 0 Å². The van der Waals surface area contributed by atoms with Gasteiger partial charge in [0.05, 0.1) is 25.4 Å². The number of aliphatic hydroxyl groups excluding tert-OH is 2. The minimum Gasteiger partial charge on any atom is -0.466 e. The molecule has 0 saturated heterocycles. The van der Waals surface area contributed by atoms with Crippen molar-refractivity contribution >= 4 is 11.9 Å². The number of nitrogens with one attached hydrogen (secondary N) is 1. The van der Waals surface area contributed by atoms with Crippen LogP contribution in [0.5, 0.6) is 0 Å². The van der Waals surface area contributed by atoms with Gasteiger partial charge in [0, 0.05) is 12.8 Å². The topological polar surface area (TPSA) is 95.9 Å². The lowest BCUT2D eigenvalue weighted by Gasteiger charge is -2.20. The van der Waals surface area contributed by atoms with Crippen LogP contribution in [0.15, 0.2) is 36.5 Å². The maximum atomic E-state index is 12.5. The molecule has 0 bridgehead atoms. The van der Waals surface area contributed by atoms with Crippen molar-refractivity contribution in [3.8, 4) is 0 Å². The number of hydrogen-bond acceptors (Lipinski definition) is 5. The van der Waals surface area contributed by atoms with Crippen molar-refractivity contribution < 1.29 is 24.5 Å². The van der Waals surface area contributed by atoms with Gasteiger partial charge in [0.25, 0.3) is 0 Å². The number of hydrogen-bond donors (Lipinski definition) is 3. The van der Waals surface area contributed by atoms with E-state index >= 15 is 0 Å². The van der Waals surface area contributed by atoms with Gasteiger partial charge in [0.15, 0.2) is 0 Å². The second-order valence-electron chi connectivity index (χ2n) is 24.2. The fourth-order valence-electron chi connectivity index (χ4n) is 11.0. The Labute approximate surface area is 487 Å². The molecule has 0 rings (SSSR count). The molecule has 0 aliphatic heterocycles. The average Bonchev–Trinajstić information content (AvgIpc) is 3.44. The Morgan fingerprint density at radius 2 is 0.603 bits per heavy atom. The van der Waals surface area contributed by atoms with E-state index in [0.29, 0.717) is 19.4 Å². The molecule has 460 valence electrons. The fourth-order valence-corrected chi connectivity index (χ4v) is 11.0. The normalized spacial score (nSPS) is 12.7. The van der Waals surface area contributed by atoms with Crippen LogP contribution in [0.4, 0.5) is 0 Å². The van der Waals surface area contributed by atoms with E-state index in [1.54, 1.807) is 6.08 Å². The average molecular weight is 1100 g/mol. The summed E-state index contributed by atoms with van der Waals surface area (Å²) >= 11 is 0. The van der Waals surface area contributed by atoms with Crippen LogP contribution in [0.25, 0.3) is 0 Å². The first-order chi connectivity index (χ1) is 38.5. The third kappa shape index (κ3) is 63.3. The molecule has 0 saturated carbocycles. The molecule has 6 heteroatoms. The van der Waals surface area contributed by atoms with E-state index in [2.05, 4.69) is 43.5 Å². The Kier molecular flexibility index (Phi) is 65.9. The number of rotatable bonds is 66. The van der Waals surface area contributed by atoms with Crippen LogP contribution in [-0.4, -0.2) is 47.4 Å². The standard InChI is InChI=1S/C72H137NO5/c1-3-5-7-9-11-13-15-17-18-38-41-44-48-52-56-60-64-70(75)69(68-74)73-71(76)65-61-57-53-49-45-42-39-36-34-32-30-28-26-24-22-20-19-21-23-25-27-29-31-33-35-37-40-43-47-51-55-59-63-67-78-72(77)66-62-58-54-50-46-16-14-12-10-8-6-4-2/h12,14,23,25,60,64,69-70,74-75H,3-11,13,15-22,24,26-59,61-63,65-68H2,1-2H3,(H,73,76)/b14-12-,25-23-,64-60+. The molecule has 6 nitrogen and oxygen atoms in total. The molecule has 0 aromatic rings. The van der Waals surface area contributed by atoms with E-state index in [1.807, 2.05) is 6.08 Å². The van der Waals surface area contributed by atoms with Crippen LogP contribution in [0.2, 0.25) is 0 Å². The summed E-state index contributed by atoms with van der Waals surface area (Å²) in [5, 5.41) is 23.2. The second kappa shape index (κ2) is 67.6. The molecular formula is C72H137NO5. The summed E-state index contributed by atoms with van der Waals surface area (Å²) in [5.74, 6) is -0.0539. The zero-order chi connectivity index (χ0) is 56.4. The van der Waals surface area contributed by atoms with E-state index in [0.717, 1.165) is 44.9 Å². The van der Waals surface area contributed by atoms with Crippen LogP contribution in [0.1, 0.15) is 386 Å². The minimum atomic E-state index is -0.842. The summed E-state index contributed by atoms with van der Waals surface area (Å²) in [5.41, 5.74) is 0. The second-order valence-corrected chi connectivity index (χ2v) is 24.2. The maximum Gasteiger partial charge on any atom is 0.305 e. The van der Waals surface area contributed by atoms with E-state index in [9.17, 15) is 19.8 Å². The van der Waals surface area contributed by atoms with Crippen LogP contribution in [0, 0.1) is 0 Å². The lowest BCUT2D eigenvalue weighted by Crippen LogP contribution is -2.45. The maximum absolute atomic E-state index is 12.5. The number of unbranched alkanes of at least 4 members (excludes halogenated alkanes) is 51. The van der Waals surface area contributed by atoms with Gasteiger partial charge in [-0.05, 0) is 83.5 Å². The van der Waals surface area contributed by atoms with E-state index in [1.165, 1.54) is 315 Å². The van der Waals surface area contributed by atoms with Gasteiger partial charge in [-0.3, -0.25) is 9.59 Å². The van der Waals surface area contributed by atoms with Gasteiger partial charge in [-0.1, -0.05) is 326 Å². The van der Waals surface area contributed by atoms with Crippen molar-refractivity contribution in [2.75, 3.05) is 13.2 Å². The first kappa shape index (κ1) is 76.1. The van der Waals surface area contributed by atoms with Gasteiger partial charge >= 0.3 is 5.97 Å². The molecule has 2 atom stereocenters. The molecule has 0 radical (unpaired) electrons. The summed E-state index contributed by atoms with van der Waals surface area (Å²) in [4.78, 5) is 24.5. The summed E-state index contributed by atoms with van der Waals surface area (Å²) in [7, 11) is 0. The summed E-state index contributed by atoms with van der Waals surface area (Å²) in [6, 6.07) is -0.625. The molecule has 0 heterocycles. The Morgan fingerprint density at radius 1 is 0.346 bits per heavy atom. The van der Waals surface area contributed by atoms with Crippen LogP contribution in [-0.2, 0) is 14.3 Å². The Balaban J connectivity index is 3.37. The third-order valence-corrected chi connectivity index (χ3v) is 16.4. The lowest BCUT2D eigenvalue weighted by atomic mass is 10.0. The molecule has 0 aliphatic carbocycles. The number of amides is 1. The van der Waals surface area contributed by atoms with Gasteiger partial charge in [-0.25, -0.2) is 0 Å². The molecule has 1 amide bonds. The highest BCUT2D eigenvalue weighted by Gasteiger charge is 2.18.